The van der Waals surface area contributed by atoms with Crippen molar-refractivity contribution >= 4 is 11.6 Å². The number of carbonyl (C=O) groups is 1. The maximum absolute atomic E-state index is 11.8. The van der Waals surface area contributed by atoms with Crippen molar-refractivity contribution in [3.63, 3.8) is 0 Å². The minimum absolute atomic E-state index is 0.113. The highest BCUT2D eigenvalue weighted by molar-refractivity contribution is 5.71. The lowest BCUT2D eigenvalue weighted by atomic mass is 10.1. The Morgan fingerprint density at radius 2 is 2.09 bits per heavy atom. The highest BCUT2D eigenvalue weighted by Crippen LogP contribution is 2.19. The largest absolute Gasteiger partial charge is 0.482 e. The Morgan fingerprint density at radius 1 is 1.22 bits per heavy atom. The summed E-state index contributed by atoms with van der Waals surface area (Å²) in [4.78, 5) is 16.2. The first-order chi connectivity index (χ1) is 11.1. The first-order valence-corrected chi connectivity index (χ1v) is 7.40. The number of pyridine rings is 1. The van der Waals surface area contributed by atoms with Crippen LogP contribution in [0.3, 0.4) is 0 Å². The Kier molecular flexibility index (Phi) is 4.28. The minimum Gasteiger partial charge on any atom is -0.482 e. The maximum Gasteiger partial charge on any atom is 0.344 e. The monoisotopic (exact) mass is 310 g/mol. The molecule has 0 radical (unpaired) electrons. The number of hydrogen-bond donors (Lipinski definition) is 0. The van der Waals surface area contributed by atoms with E-state index in [4.69, 9.17) is 9.47 Å². The zero-order valence-corrected chi connectivity index (χ0v) is 13.2. The SMILES string of the molecule is Cc1ccc(C)c(OCC(=O)OCc2cn3ccccc3n2)c1. The van der Waals surface area contributed by atoms with Crippen LogP contribution in [0.2, 0.25) is 0 Å². The van der Waals surface area contributed by atoms with Gasteiger partial charge in [0.15, 0.2) is 6.61 Å². The van der Waals surface area contributed by atoms with Gasteiger partial charge in [0, 0.05) is 12.4 Å². The van der Waals surface area contributed by atoms with Crippen molar-refractivity contribution in [2.45, 2.75) is 20.5 Å². The molecule has 0 N–H and O–H groups in total. The molecule has 0 saturated heterocycles. The third-order valence-electron chi connectivity index (χ3n) is 3.48. The molecule has 3 rings (SSSR count). The van der Waals surface area contributed by atoms with Gasteiger partial charge in [-0.15, -0.1) is 0 Å². The lowest BCUT2D eigenvalue weighted by molar-refractivity contribution is -0.147. The van der Waals surface area contributed by atoms with E-state index in [1.54, 1.807) is 0 Å². The first-order valence-electron chi connectivity index (χ1n) is 7.40. The van der Waals surface area contributed by atoms with Crippen LogP contribution in [0, 0.1) is 13.8 Å². The van der Waals surface area contributed by atoms with E-state index in [1.165, 1.54) is 0 Å². The second kappa shape index (κ2) is 6.52. The van der Waals surface area contributed by atoms with E-state index < -0.39 is 5.97 Å². The van der Waals surface area contributed by atoms with Crippen molar-refractivity contribution in [1.82, 2.24) is 9.38 Å². The Morgan fingerprint density at radius 3 is 2.91 bits per heavy atom. The van der Waals surface area contributed by atoms with Crippen LogP contribution in [0.15, 0.2) is 48.8 Å². The maximum atomic E-state index is 11.8. The van der Waals surface area contributed by atoms with Crippen molar-refractivity contribution in [3.05, 3.63) is 65.6 Å². The van der Waals surface area contributed by atoms with Gasteiger partial charge in [0.2, 0.25) is 0 Å². The summed E-state index contributed by atoms with van der Waals surface area (Å²) >= 11 is 0. The van der Waals surface area contributed by atoms with E-state index in [0.717, 1.165) is 16.8 Å². The molecule has 2 aromatic heterocycles. The van der Waals surface area contributed by atoms with Crippen LogP contribution < -0.4 is 4.74 Å². The molecule has 3 aromatic rings. The number of fused-ring (bicyclic) bond motifs is 1. The summed E-state index contributed by atoms with van der Waals surface area (Å²) in [5.41, 5.74) is 3.61. The van der Waals surface area contributed by atoms with Crippen LogP contribution in [0.4, 0.5) is 0 Å². The molecule has 0 atom stereocenters. The first kappa shape index (κ1) is 15.1. The van der Waals surface area contributed by atoms with Crippen LogP contribution in [0.25, 0.3) is 5.65 Å². The fourth-order valence-electron chi connectivity index (χ4n) is 2.25. The number of aromatic nitrogens is 2. The lowest BCUT2D eigenvalue weighted by Gasteiger charge is -2.09. The number of hydrogen-bond acceptors (Lipinski definition) is 4. The van der Waals surface area contributed by atoms with Crippen LogP contribution in [0.1, 0.15) is 16.8 Å². The Labute approximate surface area is 134 Å². The van der Waals surface area contributed by atoms with Crippen LogP contribution in [-0.4, -0.2) is 22.0 Å². The molecule has 0 aliphatic carbocycles. The number of benzene rings is 1. The average Bonchev–Trinajstić information content (AvgIpc) is 2.96. The van der Waals surface area contributed by atoms with E-state index in [2.05, 4.69) is 4.98 Å². The van der Waals surface area contributed by atoms with Gasteiger partial charge in [0.1, 0.15) is 18.0 Å². The standard InChI is InChI=1S/C18H18N2O3/c1-13-6-7-14(2)16(9-13)22-12-18(21)23-11-15-10-20-8-4-3-5-17(20)19-15/h3-10H,11-12H2,1-2H3. The minimum atomic E-state index is -0.414. The van der Waals surface area contributed by atoms with Crippen molar-refractivity contribution in [3.8, 4) is 5.75 Å². The summed E-state index contributed by atoms with van der Waals surface area (Å²) in [7, 11) is 0. The summed E-state index contributed by atoms with van der Waals surface area (Å²) in [5, 5.41) is 0. The summed E-state index contributed by atoms with van der Waals surface area (Å²) in [6, 6.07) is 11.6. The molecular formula is C18H18N2O3. The Hall–Kier alpha value is -2.82. The molecule has 1 aromatic carbocycles. The van der Waals surface area contributed by atoms with Gasteiger partial charge in [0.05, 0.1) is 5.69 Å². The molecule has 5 heteroatoms. The number of aryl methyl sites for hydroxylation is 2. The van der Waals surface area contributed by atoms with E-state index in [1.807, 2.05) is 67.0 Å². The fraction of sp³-hybridized carbons (Fsp3) is 0.222. The second-order valence-corrected chi connectivity index (χ2v) is 5.42. The third-order valence-corrected chi connectivity index (χ3v) is 3.48. The predicted molar refractivity (Wildman–Crippen MR) is 86.4 cm³/mol. The van der Waals surface area contributed by atoms with Gasteiger partial charge in [-0.25, -0.2) is 9.78 Å². The summed E-state index contributed by atoms with van der Waals surface area (Å²) in [6.07, 6.45) is 3.74. The van der Waals surface area contributed by atoms with Crippen LogP contribution in [0.5, 0.6) is 5.75 Å². The Balaban J connectivity index is 1.54. The summed E-state index contributed by atoms with van der Waals surface area (Å²) in [5.74, 6) is 0.289. The number of imidazole rings is 1. The van der Waals surface area contributed by atoms with E-state index in [0.29, 0.717) is 11.4 Å². The molecule has 0 unspecified atom stereocenters. The fourth-order valence-corrected chi connectivity index (χ4v) is 2.25. The van der Waals surface area contributed by atoms with Gasteiger partial charge in [-0.3, -0.25) is 0 Å². The summed E-state index contributed by atoms with van der Waals surface area (Å²) < 4.78 is 12.6. The van der Waals surface area contributed by atoms with E-state index in [9.17, 15) is 4.79 Å². The molecule has 0 spiro atoms. The zero-order valence-electron chi connectivity index (χ0n) is 13.2. The molecule has 0 aliphatic rings. The van der Waals surface area contributed by atoms with Crippen molar-refractivity contribution in [1.29, 1.82) is 0 Å². The number of nitrogens with zero attached hydrogens (tertiary/aromatic N) is 2. The molecular weight excluding hydrogens is 292 g/mol. The highest BCUT2D eigenvalue weighted by atomic mass is 16.6. The van der Waals surface area contributed by atoms with Crippen molar-refractivity contribution < 1.29 is 14.3 Å². The lowest BCUT2D eigenvalue weighted by Crippen LogP contribution is -2.15. The normalized spacial score (nSPS) is 10.7. The number of ether oxygens (including phenoxy) is 2. The quantitative estimate of drug-likeness (QED) is 0.680. The van der Waals surface area contributed by atoms with Gasteiger partial charge >= 0.3 is 5.97 Å². The molecule has 0 bridgehead atoms. The van der Waals surface area contributed by atoms with Crippen molar-refractivity contribution in [2.75, 3.05) is 6.61 Å². The second-order valence-electron chi connectivity index (χ2n) is 5.42. The van der Waals surface area contributed by atoms with E-state index >= 15 is 0 Å². The Bertz CT molecular complexity index is 806. The molecule has 5 nitrogen and oxygen atoms in total. The molecule has 2 heterocycles. The van der Waals surface area contributed by atoms with Crippen LogP contribution >= 0.6 is 0 Å². The third kappa shape index (κ3) is 3.69. The predicted octanol–water partition coefficient (Wildman–Crippen LogP) is 3.07. The van der Waals surface area contributed by atoms with E-state index in [-0.39, 0.29) is 13.2 Å². The topological polar surface area (TPSA) is 52.8 Å². The molecule has 0 saturated carbocycles. The van der Waals surface area contributed by atoms with Gasteiger partial charge in [-0.1, -0.05) is 18.2 Å². The smallest absolute Gasteiger partial charge is 0.344 e. The summed E-state index contributed by atoms with van der Waals surface area (Å²) in [6.45, 7) is 3.94. The molecule has 118 valence electrons. The molecule has 23 heavy (non-hydrogen) atoms. The molecule has 0 amide bonds. The highest BCUT2D eigenvalue weighted by Gasteiger charge is 2.08. The average molecular weight is 310 g/mol. The zero-order chi connectivity index (χ0) is 16.2. The van der Waals surface area contributed by atoms with Crippen molar-refractivity contribution in [2.24, 2.45) is 0 Å². The van der Waals surface area contributed by atoms with Gasteiger partial charge < -0.3 is 13.9 Å². The van der Waals surface area contributed by atoms with Crippen LogP contribution in [-0.2, 0) is 16.1 Å². The molecule has 0 fully saturated rings. The van der Waals surface area contributed by atoms with Gasteiger partial charge in [0.25, 0.3) is 0 Å². The van der Waals surface area contributed by atoms with Gasteiger partial charge in [-0.05, 0) is 43.2 Å². The number of esters is 1. The number of carbonyl (C=O) groups excluding carboxylic acids is 1. The van der Waals surface area contributed by atoms with Gasteiger partial charge in [-0.2, -0.15) is 0 Å². The number of rotatable bonds is 5. The molecule has 0 aliphatic heterocycles.